The van der Waals surface area contributed by atoms with Crippen LogP contribution < -0.4 is 27.0 Å². The first kappa shape index (κ1) is 47.3. The molecule has 0 spiro atoms. The van der Waals surface area contributed by atoms with Crippen LogP contribution >= 0.6 is 7.26 Å². The van der Waals surface area contributed by atoms with Crippen molar-refractivity contribution in [2.24, 2.45) is 17.6 Å². The SMILES string of the molecule is C[C@H]1c2ccc(NC(=O)CCCCCCCCCCC[PH](c3ccccc3)(c3ccccc3)c3ccccc3)c(O)c2C(=O)C2=C(O)[C@]3(O)C(=O)C(C(N)=O)=C(O)[C@@H](N(C)C)[C@@H]3[C@@H](O)[C@@H]21. The number of rotatable bonds is 18. The average Bonchev–Trinajstić information content (AvgIpc) is 3.29. The molecule has 0 saturated carbocycles. The summed E-state index contributed by atoms with van der Waals surface area (Å²) in [4.78, 5) is 54.7. The van der Waals surface area contributed by atoms with Gasteiger partial charge >= 0.3 is 190 Å². The Morgan fingerprint density at radius 3 is 1.72 bits per heavy atom. The van der Waals surface area contributed by atoms with Crippen LogP contribution in [0.25, 0.3) is 0 Å². The monoisotopic (exact) mass is 903 g/mol. The summed E-state index contributed by atoms with van der Waals surface area (Å²) in [7, 11) is 0.750. The Hall–Kier alpha value is -5.65. The van der Waals surface area contributed by atoms with Gasteiger partial charge in [0.25, 0.3) is 5.91 Å². The third-order valence-electron chi connectivity index (χ3n) is 14.2. The van der Waals surface area contributed by atoms with E-state index in [1.54, 1.807) is 13.0 Å². The van der Waals surface area contributed by atoms with Crippen molar-refractivity contribution in [3.8, 4) is 5.75 Å². The van der Waals surface area contributed by atoms with Crippen LogP contribution in [0.1, 0.15) is 93.0 Å². The number of aliphatic hydroxyl groups is 4. The predicted molar refractivity (Wildman–Crippen MR) is 256 cm³/mol. The van der Waals surface area contributed by atoms with Crippen molar-refractivity contribution in [1.82, 2.24) is 4.90 Å². The molecule has 344 valence electrons. The number of nitrogens with one attached hydrogen (secondary N) is 1. The fraction of sp³-hybridized carbons (Fsp3) is 0.385. The number of hydrogen-bond donors (Lipinski definition) is 7. The molecule has 65 heavy (non-hydrogen) atoms. The average molecular weight is 904 g/mol. The Bertz CT molecular complexity index is 2380. The molecule has 13 heteroatoms. The second-order valence-corrected chi connectivity index (χ2v) is 22.3. The minimum atomic E-state index is -3.01. The van der Waals surface area contributed by atoms with Crippen LogP contribution in [0.3, 0.4) is 0 Å². The molecule has 8 N–H and O–H groups in total. The van der Waals surface area contributed by atoms with Crippen LogP contribution in [0.2, 0.25) is 0 Å². The van der Waals surface area contributed by atoms with Crippen molar-refractivity contribution in [2.45, 2.75) is 94.8 Å². The van der Waals surface area contributed by atoms with E-state index in [0.29, 0.717) is 12.0 Å². The van der Waals surface area contributed by atoms with Gasteiger partial charge in [-0.05, 0) is 31.6 Å². The number of anilines is 1. The molecule has 0 bridgehead atoms. The summed E-state index contributed by atoms with van der Waals surface area (Å²) in [5.41, 5.74) is 0.982. The summed E-state index contributed by atoms with van der Waals surface area (Å²) >= 11 is 0. The van der Waals surface area contributed by atoms with Crippen molar-refractivity contribution in [3.63, 3.8) is 0 Å². The number of aliphatic hydroxyl groups excluding tert-OH is 3. The zero-order chi connectivity index (χ0) is 46.6. The normalized spacial score (nSPS) is 23.2. The molecule has 12 nitrogen and oxygen atoms in total. The van der Waals surface area contributed by atoms with E-state index in [2.05, 4.69) is 96.3 Å². The van der Waals surface area contributed by atoms with Gasteiger partial charge in [-0.2, -0.15) is 0 Å². The number of unbranched alkanes of at least 4 members (excludes halogenated alkanes) is 8. The third kappa shape index (κ3) is 8.65. The molecule has 3 aliphatic carbocycles. The van der Waals surface area contributed by atoms with Crippen molar-refractivity contribution in [1.29, 1.82) is 0 Å². The number of primary amides is 1. The van der Waals surface area contributed by atoms with Gasteiger partial charge in [-0.3, -0.25) is 24.1 Å². The molecular formula is C52H62N3O9P. The molecule has 0 saturated heterocycles. The van der Waals surface area contributed by atoms with Crippen molar-refractivity contribution < 1.29 is 44.7 Å². The minimum Gasteiger partial charge on any atom is -0.510 e. The molecule has 4 aromatic carbocycles. The van der Waals surface area contributed by atoms with E-state index in [1.165, 1.54) is 53.8 Å². The number of Topliss-reactive ketones (excluding diaryl/α,β-unsaturated/α-hetero) is 2. The first-order valence-corrected chi connectivity index (χ1v) is 25.0. The fourth-order valence-corrected chi connectivity index (χ4v) is 15.9. The molecule has 0 aliphatic heterocycles. The fourth-order valence-electron chi connectivity index (χ4n) is 11.0. The van der Waals surface area contributed by atoms with Crippen LogP contribution in [0, 0.1) is 11.8 Å². The molecule has 0 heterocycles. The zero-order valence-electron chi connectivity index (χ0n) is 37.4. The number of likely N-dealkylation sites (N-methyl/N-ethyl adjacent to an activating group) is 1. The maximum Gasteiger partial charge on any atom is 0.255 e. The van der Waals surface area contributed by atoms with E-state index in [4.69, 9.17) is 5.73 Å². The smallest absolute Gasteiger partial charge is 0.255 e. The van der Waals surface area contributed by atoms with Crippen LogP contribution in [0.15, 0.2) is 126 Å². The van der Waals surface area contributed by atoms with E-state index in [1.807, 2.05) is 0 Å². The Labute approximate surface area is 381 Å². The molecule has 0 unspecified atom stereocenters. The first-order valence-electron chi connectivity index (χ1n) is 22.8. The van der Waals surface area contributed by atoms with Gasteiger partial charge < -0.3 is 36.6 Å². The number of carbonyl (C=O) groups excluding carboxylic acids is 4. The van der Waals surface area contributed by atoms with Crippen LogP contribution in [-0.2, 0) is 14.4 Å². The van der Waals surface area contributed by atoms with Crippen molar-refractivity contribution in [3.05, 3.63) is 137 Å². The van der Waals surface area contributed by atoms with E-state index in [0.717, 1.165) is 44.7 Å². The largest absolute Gasteiger partial charge is 0.510 e. The van der Waals surface area contributed by atoms with Crippen LogP contribution in [-0.4, -0.2) is 91.8 Å². The second-order valence-electron chi connectivity index (χ2n) is 18.2. The molecule has 6 atom stereocenters. The molecule has 7 rings (SSSR count). The summed E-state index contributed by atoms with van der Waals surface area (Å²) in [6, 6.07) is 34.8. The number of aromatic hydroxyl groups is 1. The number of fused-ring (bicyclic) bond motifs is 3. The Balaban J connectivity index is 0.914. The van der Waals surface area contributed by atoms with Gasteiger partial charge in [0.2, 0.25) is 5.78 Å². The number of phenols is 1. The molecule has 4 aromatic rings. The van der Waals surface area contributed by atoms with E-state index >= 15 is 0 Å². The van der Waals surface area contributed by atoms with E-state index in [9.17, 15) is 44.7 Å². The number of hydrogen-bond acceptors (Lipinski definition) is 10. The molecule has 0 aromatic heterocycles. The Morgan fingerprint density at radius 1 is 0.738 bits per heavy atom. The standard InChI is InChI=1S/C52H62N3O9P/c1-32-36-29-30-37(45(57)40(36)46(58)41-39(32)47(59)43-44(55(2)3)48(60)42(51(53)63)50(62)52(43,64)49(41)61)54-38(56)28-20-9-7-5-4-6-8-10-21-31-65(33-22-14-11-15-23-33,34-24-16-12-17-25-34)35-26-18-13-19-27-35/h11-19,22-27,29-30,32,39,43-44,47,57,59-61,64-65H,4-10,20-21,28,31H2,1-3H3,(H2,53,63)(H,54,56)/t32-,39+,43+,44-,47-,52-/m0/s1. The Kier molecular flexibility index (Phi) is 14.4. The van der Waals surface area contributed by atoms with E-state index < -0.39 is 88.7 Å². The maximum atomic E-state index is 14.2. The molecule has 3 aliphatic rings. The number of phenolic OH excluding ortho intramolecular Hbond substituents is 1. The van der Waals surface area contributed by atoms with E-state index in [-0.39, 0.29) is 23.6 Å². The maximum absolute atomic E-state index is 14.2. The number of nitrogens with zero attached hydrogens (tertiary/aromatic N) is 1. The van der Waals surface area contributed by atoms with Crippen molar-refractivity contribution >= 4 is 52.2 Å². The van der Waals surface area contributed by atoms with Gasteiger partial charge in [-0.1, -0.05) is 13.0 Å². The van der Waals surface area contributed by atoms with Gasteiger partial charge in [0.1, 0.15) is 17.1 Å². The van der Waals surface area contributed by atoms with Crippen LogP contribution in [0.5, 0.6) is 5.75 Å². The van der Waals surface area contributed by atoms with Gasteiger partial charge in [0.05, 0.1) is 29.3 Å². The third-order valence-corrected chi connectivity index (χ3v) is 19.2. The number of nitrogens with two attached hydrogens (primary N) is 1. The first-order chi connectivity index (χ1) is 31.2. The van der Waals surface area contributed by atoms with Crippen molar-refractivity contribution in [2.75, 3.05) is 25.6 Å². The summed E-state index contributed by atoms with van der Waals surface area (Å²) in [6.45, 7) is 1.66. The van der Waals surface area contributed by atoms with Gasteiger partial charge in [-0.15, -0.1) is 0 Å². The molecule has 0 radical (unpaired) electrons. The Morgan fingerprint density at radius 2 is 1.23 bits per heavy atom. The second kappa shape index (κ2) is 19.8. The van der Waals surface area contributed by atoms with Gasteiger partial charge in [-0.25, -0.2) is 0 Å². The van der Waals surface area contributed by atoms with Gasteiger partial charge in [0, 0.05) is 11.5 Å². The topological polar surface area (TPSA) is 211 Å². The predicted octanol–water partition coefficient (Wildman–Crippen LogP) is 6.22. The number of ketones is 2. The minimum absolute atomic E-state index is 0.0257. The van der Waals surface area contributed by atoms with Crippen LogP contribution in [0.4, 0.5) is 5.69 Å². The molecule has 0 fully saturated rings. The number of benzene rings is 4. The summed E-state index contributed by atoms with van der Waals surface area (Å²) in [6.07, 6.45) is 8.98. The quantitative estimate of drug-likeness (QED) is 0.0260. The summed E-state index contributed by atoms with van der Waals surface area (Å²) in [5.74, 6) is -10.1. The molecule has 2 amide bonds. The summed E-state index contributed by atoms with van der Waals surface area (Å²) in [5, 5.41) is 64.9. The number of carbonyl (C=O) groups is 4. The number of amides is 2. The van der Waals surface area contributed by atoms with Gasteiger partial charge in [0.15, 0.2) is 17.1 Å². The zero-order valence-corrected chi connectivity index (χ0v) is 38.4. The summed E-state index contributed by atoms with van der Waals surface area (Å²) < 4.78 is 0. The molecular weight excluding hydrogens is 842 g/mol.